The Kier molecular flexibility index (Phi) is 4.17. The molecule has 1 atom stereocenters. The van der Waals surface area contributed by atoms with Gasteiger partial charge in [0.05, 0.1) is 6.33 Å². The second-order valence-electron chi connectivity index (χ2n) is 6.80. The maximum atomic E-state index is 12.6. The molecular weight excluding hydrogens is 324 g/mol. The Labute approximate surface area is 144 Å². The van der Waals surface area contributed by atoms with Crippen molar-refractivity contribution in [3.05, 3.63) is 12.7 Å². The second-order valence-corrected chi connectivity index (χ2v) is 7.88. The van der Waals surface area contributed by atoms with Gasteiger partial charge in [0.1, 0.15) is 16.9 Å². The standard InChI is InChI=1S/C16H22N6OS/c17-6-11-7-22(8-16(11)3-1-4-16)12(23)2-5-24-15-13-14(19-9-18-13)20-10-21-15/h9-11H,1-8,17H2,(H,18,19,20,21). The third-order valence-electron chi connectivity index (χ3n) is 5.54. The summed E-state index contributed by atoms with van der Waals surface area (Å²) in [5, 5.41) is 0.849. The van der Waals surface area contributed by atoms with Gasteiger partial charge in [-0.2, -0.15) is 0 Å². The lowest BCUT2D eigenvalue weighted by Gasteiger charge is -2.42. The third-order valence-corrected chi connectivity index (χ3v) is 6.53. The number of nitrogens with two attached hydrogens (primary N) is 1. The van der Waals surface area contributed by atoms with Gasteiger partial charge in [-0.15, -0.1) is 11.8 Å². The van der Waals surface area contributed by atoms with Gasteiger partial charge in [0, 0.05) is 25.3 Å². The summed E-state index contributed by atoms with van der Waals surface area (Å²) in [5.41, 5.74) is 7.76. The number of imidazole rings is 1. The van der Waals surface area contributed by atoms with Crippen LogP contribution in [0.25, 0.3) is 11.2 Å². The van der Waals surface area contributed by atoms with Crippen LogP contribution in [0, 0.1) is 11.3 Å². The molecule has 1 aliphatic heterocycles. The number of fused-ring (bicyclic) bond motifs is 1. The fourth-order valence-corrected chi connectivity index (χ4v) is 4.88. The van der Waals surface area contributed by atoms with Gasteiger partial charge in [0.2, 0.25) is 5.91 Å². The Morgan fingerprint density at radius 3 is 3.00 bits per heavy atom. The minimum Gasteiger partial charge on any atom is -0.342 e. The average molecular weight is 346 g/mol. The molecule has 0 aromatic carbocycles. The molecule has 24 heavy (non-hydrogen) atoms. The Morgan fingerprint density at radius 2 is 2.29 bits per heavy atom. The summed E-state index contributed by atoms with van der Waals surface area (Å²) in [5.74, 6) is 1.43. The van der Waals surface area contributed by atoms with Gasteiger partial charge in [-0.25, -0.2) is 15.0 Å². The van der Waals surface area contributed by atoms with Gasteiger partial charge in [0.25, 0.3) is 0 Å². The van der Waals surface area contributed by atoms with E-state index in [1.165, 1.54) is 25.6 Å². The summed E-state index contributed by atoms with van der Waals surface area (Å²) in [4.78, 5) is 30.2. The van der Waals surface area contributed by atoms with Crippen molar-refractivity contribution in [2.24, 2.45) is 17.1 Å². The van der Waals surface area contributed by atoms with Crippen molar-refractivity contribution in [2.45, 2.75) is 30.7 Å². The van der Waals surface area contributed by atoms with Crippen molar-refractivity contribution in [3.8, 4) is 0 Å². The minimum absolute atomic E-state index is 0.236. The summed E-state index contributed by atoms with van der Waals surface area (Å²) in [6, 6.07) is 0. The highest BCUT2D eigenvalue weighted by Crippen LogP contribution is 2.51. The summed E-state index contributed by atoms with van der Waals surface area (Å²) < 4.78 is 0. The number of thioether (sulfide) groups is 1. The van der Waals surface area contributed by atoms with Gasteiger partial charge in [-0.1, -0.05) is 6.42 Å². The lowest BCUT2D eigenvalue weighted by Crippen LogP contribution is -2.40. The molecule has 1 aliphatic carbocycles. The van der Waals surface area contributed by atoms with Gasteiger partial charge >= 0.3 is 0 Å². The molecule has 0 bridgehead atoms. The molecule has 2 aromatic heterocycles. The molecule has 2 aromatic rings. The first-order valence-corrected chi connectivity index (χ1v) is 9.45. The van der Waals surface area contributed by atoms with Crippen LogP contribution in [0.1, 0.15) is 25.7 Å². The van der Waals surface area contributed by atoms with E-state index < -0.39 is 0 Å². The second kappa shape index (κ2) is 6.33. The zero-order chi connectivity index (χ0) is 16.6. The quantitative estimate of drug-likeness (QED) is 0.627. The van der Waals surface area contributed by atoms with E-state index in [4.69, 9.17) is 5.73 Å². The van der Waals surface area contributed by atoms with Crippen LogP contribution >= 0.6 is 11.8 Å². The third kappa shape index (κ3) is 2.67. The number of likely N-dealkylation sites (tertiary alicyclic amines) is 1. The highest BCUT2D eigenvalue weighted by Gasteiger charge is 2.50. The summed E-state index contributed by atoms with van der Waals surface area (Å²) in [7, 11) is 0. The van der Waals surface area contributed by atoms with E-state index in [0.29, 0.717) is 35.7 Å². The Morgan fingerprint density at radius 1 is 1.42 bits per heavy atom. The van der Waals surface area contributed by atoms with E-state index in [2.05, 4.69) is 19.9 Å². The topological polar surface area (TPSA) is 101 Å². The molecule has 1 unspecified atom stereocenters. The largest absolute Gasteiger partial charge is 0.342 e. The van der Waals surface area contributed by atoms with Crippen LogP contribution in [0.15, 0.2) is 17.7 Å². The first-order valence-electron chi connectivity index (χ1n) is 8.46. The molecule has 2 aliphatic rings. The molecule has 1 saturated carbocycles. The number of nitrogens with one attached hydrogen (secondary N) is 1. The molecular formula is C16H22N6OS. The predicted molar refractivity (Wildman–Crippen MR) is 92.4 cm³/mol. The first kappa shape index (κ1) is 15.8. The SMILES string of the molecule is NCC1CN(C(=O)CCSc2ncnc3nc[nH]c23)CC12CCC2. The molecule has 1 saturated heterocycles. The minimum atomic E-state index is 0.236. The number of carbonyl (C=O) groups is 1. The number of amides is 1. The lowest BCUT2D eigenvalue weighted by atomic mass is 9.63. The number of hydrogen-bond acceptors (Lipinski definition) is 6. The molecule has 0 radical (unpaired) electrons. The van der Waals surface area contributed by atoms with E-state index >= 15 is 0 Å². The maximum absolute atomic E-state index is 12.6. The molecule has 2 fully saturated rings. The van der Waals surface area contributed by atoms with Gasteiger partial charge in [-0.3, -0.25) is 4.79 Å². The molecule has 7 nitrogen and oxygen atoms in total. The first-order chi connectivity index (χ1) is 11.7. The average Bonchev–Trinajstić information content (AvgIpc) is 3.19. The number of carbonyl (C=O) groups excluding carboxylic acids is 1. The Bertz CT molecular complexity index is 743. The van der Waals surface area contributed by atoms with E-state index in [9.17, 15) is 4.79 Å². The van der Waals surface area contributed by atoms with Crippen LogP contribution in [0.2, 0.25) is 0 Å². The van der Waals surface area contributed by atoms with Crippen LogP contribution in [-0.2, 0) is 4.79 Å². The number of aromatic amines is 1. The van der Waals surface area contributed by atoms with Crippen molar-refractivity contribution < 1.29 is 4.79 Å². The molecule has 128 valence electrons. The van der Waals surface area contributed by atoms with Gasteiger partial charge in [-0.05, 0) is 30.7 Å². The zero-order valence-corrected chi connectivity index (χ0v) is 14.4. The maximum Gasteiger partial charge on any atom is 0.223 e. The lowest BCUT2D eigenvalue weighted by molar-refractivity contribution is -0.130. The van der Waals surface area contributed by atoms with Crippen molar-refractivity contribution in [2.75, 3.05) is 25.4 Å². The molecule has 1 spiro atoms. The van der Waals surface area contributed by atoms with Crippen LogP contribution in [-0.4, -0.2) is 56.1 Å². The summed E-state index contributed by atoms with van der Waals surface area (Å²) in [6.07, 6.45) is 7.39. The van der Waals surface area contributed by atoms with Gasteiger partial charge in [0.15, 0.2) is 5.65 Å². The molecule has 3 N–H and O–H groups in total. The monoisotopic (exact) mass is 346 g/mol. The normalized spacial score (nSPS) is 22.2. The molecule has 8 heteroatoms. The number of hydrogen-bond donors (Lipinski definition) is 2. The zero-order valence-electron chi connectivity index (χ0n) is 13.6. The molecule has 3 heterocycles. The number of nitrogens with zero attached hydrogens (tertiary/aromatic N) is 4. The van der Waals surface area contributed by atoms with Crippen LogP contribution < -0.4 is 5.73 Å². The number of H-pyrrole nitrogens is 1. The Balaban J connectivity index is 1.33. The van der Waals surface area contributed by atoms with Crippen molar-refractivity contribution >= 4 is 28.8 Å². The highest BCUT2D eigenvalue weighted by atomic mass is 32.2. The van der Waals surface area contributed by atoms with E-state index in [0.717, 1.165) is 23.6 Å². The van der Waals surface area contributed by atoms with E-state index in [-0.39, 0.29) is 5.91 Å². The van der Waals surface area contributed by atoms with E-state index in [1.807, 2.05) is 4.90 Å². The van der Waals surface area contributed by atoms with Gasteiger partial charge < -0.3 is 15.6 Å². The number of rotatable bonds is 5. The fraction of sp³-hybridized carbons (Fsp3) is 0.625. The van der Waals surface area contributed by atoms with Crippen LogP contribution in [0.4, 0.5) is 0 Å². The van der Waals surface area contributed by atoms with Crippen LogP contribution in [0.5, 0.6) is 0 Å². The Hall–Kier alpha value is -1.67. The smallest absolute Gasteiger partial charge is 0.223 e. The van der Waals surface area contributed by atoms with Crippen molar-refractivity contribution in [1.82, 2.24) is 24.8 Å². The molecule has 4 rings (SSSR count). The van der Waals surface area contributed by atoms with Crippen molar-refractivity contribution in [1.29, 1.82) is 0 Å². The predicted octanol–water partition coefficient (Wildman–Crippen LogP) is 1.42. The van der Waals surface area contributed by atoms with Crippen LogP contribution in [0.3, 0.4) is 0 Å². The van der Waals surface area contributed by atoms with Crippen molar-refractivity contribution in [3.63, 3.8) is 0 Å². The fourth-order valence-electron chi connectivity index (χ4n) is 3.99. The summed E-state index contributed by atoms with van der Waals surface area (Å²) >= 11 is 1.57. The summed E-state index contributed by atoms with van der Waals surface area (Å²) in [6.45, 7) is 2.42. The highest BCUT2D eigenvalue weighted by molar-refractivity contribution is 7.99. The van der Waals surface area contributed by atoms with E-state index in [1.54, 1.807) is 18.1 Å². The number of aromatic nitrogens is 4. The molecule has 1 amide bonds.